The van der Waals surface area contributed by atoms with Crippen molar-refractivity contribution < 1.29 is 9.90 Å². The second-order valence-corrected chi connectivity index (χ2v) is 5.85. The highest BCUT2D eigenvalue weighted by Crippen LogP contribution is 2.19. The molecule has 1 aromatic carbocycles. The van der Waals surface area contributed by atoms with E-state index in [1.807, 2.05) is 25.7 Å². The van der Waals surface area contributed by atoms with Gasteiger partial charge in [-0.3, -0.25) is 4.79 Å². The van der Waals surface area contributed by atoms with Gasteiger partial charge in [-0.2, -0.15) is 0 Å². The van der Waals surface area contributed by atoms with E-state index in [1.165, 1.54) is 6.42 Å². The van der Waals surface area contributed by atoms with E-state index in [4.69, 9.17) is 0 Å². The number of aromatic hydroxyl groups is 1. The second-order valence-electron chi connectivity index (χ2n) is 5.85. The first-order valence-corrected chi connectivity index (χ1v) is 7.33. The molecule has 0 radical (unpaired) electrons. The molecule has 0 aromatic heterocycles. The topological polar surface area (TPSA) is 52.6 Å². The lowest BCUT2D eigenvalue weighted by molar-refractivity contribution is 0.0689. The first-order valence-electron chi connectivity index (χ1n) is 7.33. The lowest BCUT2D eigenvalue weighted by atomic mass is 10.1. The van der Waals surface area contributed by atoms with Crippen molar-refractivity contribution in [2.24, 2.45) is 0 Å². The van der Waals surface area contributed by atoms with E-state index in [0.29, 0.717) is 11.6 Å². The van der Waals surface area contributed by atoms with Crippen molar-refractivity contribution in [2.75, 3.05) is 13.1 Å². The van der Waals surface area contributed by atoms with Crippen molar-refractivity contribution in [3.63, 3.8) is 0 Å². The Labute approximate surface area is 120 Å². The zero-order valence-electron chi connectivity index (χ0n) is 12.5. The van der Waals surface area contributed by atoms with Crippen LogP contribution in [0.5, 0.6) is 5.75 Å². The first-order chi connectivity index (χ1) is 9.49. The van der Waals surface area contributed by atoms with Crippen molar-refractivity contribution in [1.29, 1.82) is 0 Å². The number of hydrogen-bond acceptors (Lipinski definition) is 3. The van der Waals surface area contributed by atoms with Crippen LogP contribution >= 0.6 is 0 Å². The molecule has 2 N–H and O–H groups in total. The molecular formula is C16H24N2O2. The number of phenolic OH excluding ortho intramolecular Hbond substituents is 1. The van der Waals surface area contributed by atoms with Gasteiger partial charge in [0.05, 0.1) is 0 Å². The zero-order valence-corrected chi connectivity index (χ0v) is 12.5. The van der Waals surface area contributed by atoms with Gasteiger partial charge >= 0.3 is 0 Å². The lowest BCUT2D eigenvalue weighted by Crippen LogP contribution is -2.44. The van der Waals surface area contributed by atoms with Crippen LogP contribution in [0.2, 0.25) is 0 Å². The highest BCUT2D eigenvalue weighted by Gasteiger charge is 2.24. The molecule has 0 saturated carbocycles. The van der Waals surface area contributed by atoms with Crippen LogP contribution in [-0.4, -0.2) is 41.1 Å². The van der Waals surface area contributed by atoms with Gasteiger partial charge in [0, 0.05) is 24.2 Å². The van der Waals surface area contributed by atoms with E-state index >= 15 is 0 Å². The standard InChI is InChI=1S/C16H24N2O2/c1-11(2)18(10-14-5-4-8-17-14)16(20)13-6-7-15(19)12(3)9-13/h6-7,9,11,14,17,19H,4-5,8,10H2,1-3H3. The minimum Gasteiger partial charge on any atom is -0.508 e. The SMILES string of the molecule is Cc1cc(C(=O)N(CC2CCCN2)C(C)C)ccc1O. The number of carbonyl (C=O) groups excluding carboxylic acids is 1. The third kappa shape index (κ3) is 3.31. The van der Waals surface area contributed by atoms with Crippen LogP contribution in [0.3, 0.4) is 0 Å². The van der Waals surface area contributed by atoms with Gasteiger partial charge in [-0.15, -0.1) is 0 Å². The van der Waals surface area contributed by atoms with Gasteiger partial charge in [0.15, 0.2) is 0 Å². The predicted octanol–water partition coefficient (Wildman–Crippen LogP) is 2.30. The molecule has 1 unspecified atom stereocenters. The molecule has 20 heavy (non-hydrogen) atoms. The molecule has 1 aliphatic rings. The molecule has 4 nitrogen and oxygen atoms in total. The summed E-state index contributed by atoms with van der Waals surface area (Å²) >= 11 is 0. The maximum atomic E-state index is 12.7. The fourth-order valence-electron chi connectivity index (χ4n) is 2.63. The molecule has 1 amide bonds. The predicted molar refractivity (Wildman–Crippen MR) is 80.0 cm³/mol. The third-order valence-corrected chi connectivity index (χ3v) is 3.91. The van der Waals surface area contributed by atoms with Crippen LogP contribution in [0, 0.1) is 6.92 Å². The number of phenols is 1. The van der Waals surface area contributed by atoms with Crippen molar-refractivity contribution in [3.05, 3.63) is 29.3 Å². The van der Waals surface area contributed by atoms with Crippen molar-refractivity contribution >= 4 is 5.91 Å². The summed E-state index contributed by atoms with van der Waals surface area (Å²) in [6.45, 7) is 7.68. The van der Waals surface area contributed by atoms with E-state index in [9.17, 15) is 9.90 Å². The molecule has 1 fully saturated rings. The lowest BCUT2D eigenvalue weighted by Gasteiger charge is -2.29. The number of carbonyl (C=O) groups is 1. The summed E-state index contributed by atoms with van der Waals surface area (Å²) in [4.78, 5) is 14.6. The number of nitrogens with one attached hydrogen (secondary N) is 1. The number of hydrogen-bond donors (Lipinski definition) is 2. The van der Waals surface area contributed by atoms with E-state index < -0.39 is 0 Å². The Kier molecular flexibility index (Phi) is 4.65. The Morgan fingerprint density at radius 1 is 1.50 bits per heavy atom. The minimum atomic E-state index is 0.0387. The molecule has 1 aliphatic heterocycles. The van der Waals surface area contributed by atoms with Crippen LogP contribution in [-0.2, 0) is 0 Å². The monoisotopic (exact) mass is 276 g/mol. The number of aryl methyl sites for hydroxylation is 1. The molecule has 4 heteroatoms. The number of benzene rings is 1. The van der Waals surface area contributed by atoms with Crippen LogP contribution in [0.25, 0.3) is 0 Å². The Bertz CT molecular complexity index is 479. The van der Waals surface area contributed by atoms with Gasteiger partial charge in [0.25, 0.3) is 5.91 Å². The largest absolute Gasteiger partial charge is 0.508 e. The molecular weight excluding hydrogens is 252 g/mol. The van der Waals surface area contributed by atoms with Gasteiger partial charge in [0.2, 0.25) is 0 Å². The Morgan fingerprint density at radius 3 is 2.80 bits per heavy atom. The highest BCUT2D eigenvalue weighted by molar-refractivity contribution is 5.94. The molecule has 0 bridgehead atoms. The van der Waals surface area contributed by atoms with Crippen LogP contribution in [0.4, 0.5) is 0 Å². The number of amides is 1. The van der Waals surface area contributed by atoms with E-state index in [2.05, 4.69) is 5.32 Å². The van der Waals surface area contributed by atoms with Crippen molar-refractivity contribution in [2.45, 2.75) is 45.7 Å². The average molecular weight is 276 g/mol. The maximum Gasteiger partial charge on any atom is 0.254 e. The van der Waals surface area contributed by atoms with E-state index in [1.54, 1.807) is 18.2 Å². The zero-order chi connectivity index (χ0) is 14.7. The van der Waals surface area contributed by atoms with Crippen molar-refractivity contribution in [3.8, 4) is 5.75 Å². The average Bonchev–Trinajstić information content (AvgIpc) is 2.91. The maximum absolute atomic E-state index is 12.7. The van der Waals surface area contributed by atoms with Crippen LogP contribution in [0.15, 0.2) is 18.2 Å². The smallest absolute Gasteiger partial charge is 0.254 e. The second kappa shape index (κ2) is 6.27. The minimum absolute atomic E-state index is 0.0387. The Balaban J connectivity index is 2.15. The number of nitrogens with zero attached hydrogens (tertiary/aromatic N) is 1. The molecule has 1 aromatic rings. The molecule has 1 atom stereocenters. The summed E-state index contributed by atoms with van der Waals surface area (Å²) in [5.41, 5.74) is 1.38. The Morgan fingerprint density at radius 2 is 2.25 bits per heavy atom. The van der Waals surface area contributed by atoms with Gasteiger partial charge in [-0.25, -0.2) is 0 Å². The highest BCUT2D eigenvalue weighted by atomic mass is 16.3. The van der Waals surface area contributed by atoms with Gasteiger partial charge in [-0.1, -0.05) is 0 Å². The number of rotatable bonds is 4. The summed E-state index contributed by atoms with van der Waals surface area (Å²) in [6.07, 6.45) is 2.31. The van der Waals surface area contributed by atoms with E-state index in [0.717, 1.165) is 25.1 Å². The first kappa shape index (κ1) is 14.9. The van der Waals surface area contributed by atoms with Crippen LogP contribution in [0.1, 0.15) is 42.6 Å². The van der Waals surface area contributed by atoms with E-state index in [-0.39, 0.29) is 17.7 Å². The van der Waals surface area contributed by atoms with Crippen LogP contribution < -0.4 is 5.32 Å². The summed E-state index contributed by atoms with van der Waals surface area (Å²) in [5, 5.41) is 13.0. The molecule has 0 aliphatic carbocycles. The fraction of sp³-hybridized carbons (Fsp3) is 0.562. The Hall–Kier alpha value is -1.55. The summed E-state index contributed by atoms with van der Waals surface area (Å²) < 4.78 is 0. The molecule has 1 saturated heterocycles. The van der Waals surface area contributed by atoms with Gasteiger partial charge < -0.3 is 15.3 Å². The summed E-state index contributed by atoms with van der Waals surface area (Å²) in [6, 6.07) is 5.62. The molecule has 2 rings (SSSR count). The van der Waals surface area contributed by atoms with Crippen molar-refractivity contribution in [1.82, 2.24) is 10.2 Å². The van der Waals surface area contributed by atoms with Gasteiger partial charge in [0.1, 0.15) is 5.75 Å². The third-order valence-electron chi connectivity index (χ3n) is 3.91. The fourth-order valence-corrected chi connectivity index (χ4v) is 2.63. The molecule has 110 valence electrons. The molecule has 0 spiro atoms. The quantitative estimate of drug-likeness (QED) is 0.887. The summed E-state index contributed by atoms with van der Waals surface area (Å²) in [7, 11) is 0. The molecule has 1 heterocycles. The normalized spacial score (nSPS) is 18.5. The van der Waals surface area contributed by atoms with Gasteiger partial charge in [-0.05, 0) is 63.9 Å². The summed E-state index contributed by atoms with van der Waals surface area (Å²) in [5.74, 6) is 0.270.